The van der Waals surface area contributed by atoms with Gasteiger partial charge in [0, 0.05) is 45.2 Å². The van der Waals surface area contributed by atoms with Crippen molar-refractivity contribution in [2.45, 2.75) is 50.9 Å². The highest BCUT2D eigenvalue weighted by Gasteiger charge is 2.30. The fourth-order valence-corrected chi connectivity index (χ4v) is 5.07. The van der Waals surface area contributed by atoms with Gasteiger partial charge in [-0.1, -0.05) is 11.8 Å². The van der Waals surface area contributed by atoms with Crippen molar-refractivity contribution in [3.05, 3.63) is 29.1 Å². The second-order valence-corrected chi connectivity index (χ2v) is 9.38. The van der Waals surface area contributed by atoms with Crippen molar-refractivity contribution >= 4 is 17.7 Å². The molecular weight excluding hydrogens is 426 g/mol. The highest BCUT2D eigenvalue weighted by Crippen LogP contribution is 2.40. The van der Waals surface area contributed by atoms with E-state index in [-0.39, 0.29) is 5.91 Å². The molecule has 1 aliphatic carbocycles. The summed E-state index contributed by atoms with van der Waals surface area (Å²) in [6.45, 7) is 9.12. The zero-order valence-electron chi connectivity index (χ0n) is 19.5. The quantitative estimate of drug-likeness (QED) is 0.534. The monoisotopic (exact) mass is 459 g/mol. The van der Waals surface area contributed by atoms with Gasteiger partial charge in [-0.15, -0.1) is 10.2 Å². The molecule has 0 radical (unpaired) electrons. The van der Waals surface area contributed by atoms with Crippen LogP contribution in [0.3, 0.4) is 0 Å². The van der Waals surface area contributed by atoms with Crippen molar-refractivity contribution in [1.82, 2.24) is 24.6 Å². The molecule has 1 saturated heterocycles. The zero-order chi connectivity index (χ0) is 22.7. The first kappa shape index (κ1) is 22.9. The second kappa shape index (κ2) is 10.1. The number of hydrogen-bond acceptors (Lipinski definition) is 7. The standard InChI is InChI=1S/C23H33N5O3S/c1-5-28-22(17-6-7-17)24-25-23(28)32-15-21(29)27-10-8-26(9-11-27)14-18-13-20(31-4)19(30-3)12-16(18)2/h12-13,17H,5-11,14-15H2,1-4H3. The largest absolute Gasteiger partial charge is 0.493 e. The lowest BCUT2D eigenvalue weighted by molar-refractivity contribution is -0.130. The Morgan fingerprint density at radius 2 is 1.78 bits per heavy atom. The lowest BCUT2D eigenvalue weighted by atomic mass is 10.1. The molecule has 2 fully saturated rings. The van der Waals surface area contributed by atoms with Crippen molar-refractivity contribution in [1.29, 1.82) is 0 Å². The number of amides is 1. The molecule has 0 atom stereocenters. The number of carbonyl (C=O) groups is 1. The first-order valence-electron chi connectivity index (χ1n) is 11.3. The minimum Gasteiger partial charge on any atom is -0.493 e. The Morgan fingerprint density at radius 1 is 1.09 bits per heavy atom. The number of methoxy groups -OCH3 is 2. The van der Waals surface area contributed by atoms with Crippen LogP contribution < -0.4 is 9.47 Å². The third kappa shape index (κ3) is 5.04. The van der Waals surface area contributed by atoms with Crippen molar-refractivity contribution in [3.8, 4) is 11.5 Å². The average Bonchev–Trinajstić information content (AvgIpc) is 3.58. The van der Waals surface area contributed by atoms with Crippen molar-refractivity contribution < 1.29 is 14.3 Å². The number of carbonyl (C=O) groups excluding carboxylic acids is 1. The maximum Gasteiger partial charge on any atom is 0.233 e. The van der Waals surface area contributed by atoms with E-state index in [9.17, 15) is 4.79 Å². The molecule has 2 heterocycles. The molecule has 0 bridgehead atoms. The van der Waals surface area contributed by atoms with E-state index in [4.69, 9.17) is 9.47 Å². The number of benzene rings is 1. The van der Waals surface area contributed by atoms with E-state index < -0.39 is 0 Å². The van der Waals surface area contributed by atoms with Gasteiger partial charge >= 0.3 is 0 Å². The van der Waals surface area contributed by atoms with E-state index in [0.29, 0.717) is 11.7 Å². The van der Waals surface area contributed by atoms with E-state index >= 15 is 0 Å². The maximum absolute atomic E-state index is 12.8. The molecule has 1 amide bonds. The molecule has 2 aromatic rings. The summed E-state index contributed by atoms with van der Waals surface area (Å²) in [6, 6.07) is 4.08. The van der Waals surface area contributed by atoms with Crippen LogP contribution in [-0.4, -0.2) is 76.6 Å². The van der Waals surface area contributed by atoms with Crippen LogP contribution in [-0.2, 0) is 17.9 Å². The van der Waals surface area contributed by atoms with Gasteiger partial charge in [-0.25, -0.2) is 0 Å². The molecule has 9 heteroatoms. The molecule has 1 saturated carbocycles. The van der Waals surface area contributed by atoms with Gasteiger partial charge < -0.3 is 18.9 Å². The Bertz CT molecular complexity index is 951. The topological polar surface area (TPSA) is 72.7 Å². The van der Waals surface area contributed by atoms with E-state index in [0.717, 1.165) is 61.7 Å². The predicted octanol–water partition coefficient (Wildman–Crippen LogP) is 2.94. The molecule has 0 N–H and O–H groups in total. The van der Waals surface area contributed by atoms with Gasteiger partial charge in [-0.05, 0) is 49.9 Å². The molecule has 0 unspecified atom stereocenters. The number of aryl methyl sites for hydroxylation is 1. The summed E-state index contributed by atoms with van der Waals surface area (Å²) in [5.74, 6) is 3.75. The molecule has 4 rings (SSSR count). The third-order valence-corrected chi connectivity index (χ3v) is 7.24. The molecule has 1 aliphatic heterocycles. The van der Waals surface area contributed by atoms with Crippen LogP contribution in [0, 0.1) is 6.92 Å². The van der Waals surface area contributed by atoms with Gasteiger partial charge in [0.05, 0.1) is 20.0 Å². The summed E-state index contributed by atoms with van der Waals surface area (Å²) < 4.78 is 13.0. The normalized spacial score (nSPS) is 16.9. The minimum atomic E-state index is 0.176. The van der Waals surface area contributed by atoms with E-state index in [1.165, 1.54) is 35.7 Å². The number of thioether (sulfide) groups is 1. The number of hydrogen-bond donors (Lipinski definition) is 0. The Balaban J connectivity index is 1.28. The smallest absolute Gasteiger partial charge is 0.233 e. The molecule has 1 aromatic carbocycles. The zero-order valence-corrected chi connectivity index (χ0v) is 20.3. The van der Waals surface area contributed by atoms with Gasteiger partial charge in [0.1, 0.15) is 5.82 Å². The van der Waals surface area contributed by atoms with Crippen LogP contribution >= 0.6 is 11.8 Å². The van der Waals surface area contributed by atoms with Gasteiger partial charge in [-0.3, -0.25) is 9.69 Å². The number of nitrogens with zero attached hydrogens (tertiary/aromatic N) is 5. The lowest BCUT2D eigenvalue weighted by Crippen LogP contribution is -2.48. The molecule has 8 nitrogen and oxygen atoms in total. The van der Waals surface area contributed by atoms with E-state index in [1.807, 2.05) is 11.0 Å². The Morgan fingerprint density at radius 3 is 2.41 bits per heavy atom. The summed E-state index contributed by atoms with van der Waals surface area (Å²) in [4.78, 5) is 17.2. The van der Waals surface area contributed by atoms with Crippen LogP contribution in [0.2, 0.25) is 0 Å². The fourth-order valence-electron chi connectivity index (χ4n) is 4.15. The number of rotatable bonds is 9. The average molecular weight is 460 g/mol. The maximum atomic E-state index is 12.8. The van der Waals surface area contributed by atoms with Crippen LogP contribution in [0.25, 0.3) is 0 Å². The van der Waals surface area contributed by atoms with Gasteiger partial charge in [-0.2, -0.15) is 0 Å². The van der Waals surface area contributed by atoms with Gasteiger partial charge in [0.2, 0.25) is 5.91 Å². The molecule has 174 valence electrons. The summed E-state index contributed by atoms with van der Waals surface area (Å²) >= 11 is 1.51. The summed E-state index contributed by atoms with van der Waals surface area (Å²) in [5, 5.41) is 9.57. The third-order valence-electron chi connectivity index (χ3n) is 6.29. The first-order valence-corrected chi connectivity index (χ1v) is 12.3. The van der Waals surface area contributed by atoms with Gasteiger partial charge in [0.25, 0.3) is 0 Å². The highest BCUT2D eigenvalue weighted by molar-refractivity contribution is 7.99. The van der Waals surface area contributed by atoms with E-state index in [2.05, 4.69) is 39.6 Å². The molecule has 2 aliphatic rings. The molecule has 32 heavy (non-hydrogen) atoms. The Labute approximate surface area is 194 Å². The molecule has 0 spiro atoms. The van der Waals surface area contributed by atoms with Crippen LogP contribution in [0.4, 0.5) is 0 Å². The minimum absolute atomic E-state index is 0.176. The summed E-state index contributed by atoms with van der Waals surface area (Å²) in [6.07, 6.45) is 2.41. The molecular formula is C23H33N5O3S. The first-order chi connectivity index (χ1) is 15.5. The summed E-state index contributed by atoms with van der Waals surface area (Å²) in [7, 11) is 3.32. The highest BCUT2D eigenvalue weighted by atomic mass is 32.2. The van der Waals surface area contributed by atoms with Crippen molar-refractivity contribution in [2.24, 2.45) is 0 Å². The lowest BCUT2D eigenvalue weighted by Gasteiger charge is -2.35. The van der Waals surface area contributed by atoms with Crippen molar-refractivity contribution in [2.75, 3.05) is 46.2 Å². The Kier molecular flexibility index (Phi) is 7.25. The SMILES string of the molecule is CCn1c(SCC(=O)N2CCN(Cc3cc(OC)c(OC)cc3C)CC2)nnc1C1CC1. The van der Waals surface area contributed by atoms with Crippen molar-refractivity contribution in [3.63, 3.8) is 0 Å². The van der Waals surface area contributed by atoms with Crippen LogP contribution in [0.1, 0.15) is 42.6 Å². The number of aromatic nitrogens is 3. The van der Waals surface area contributed by atoms with E-state index in [1.54, 1.807) is 14.2 Å². The molecule has 1 aromatic heterocycles. The fraction of sp³-hybridized carbons (Fsp3) is 0.609. The number of ether oxygens (including phenoxy) is 2. The number of piperazine rings is 1. The van der Waals surface area contributed by atoms with Gasteiger partial charge in [0.15, 0.2) is 16.7 Å². The second-order valence-electron chi connectivity index (χ2n) is 8.44. The Hall–Kier alpha value is -2.26. The van der Waals surface area contributed by atoms with Crippen LogP contribution in [0.15, 0.2) is 17.3 Å². The summed E-state index contributed by atoms with van der Waals surface area (Å²) in [5.41, 5.74) is 2.41. The predicted molar refractivity (Wildman–Crippen MR) is 125 cm³/mol. The van der Waals surface area contributed by atoms with Crippen LogP contribution in [0.5, 0.6) is 11.5 Å².